The Morgan fingerprint density at radius 3 is 2.11 bits per heavy atom. The number of nitrogens with zero attached hydrogens (tertiary/aromatic N) is 3. The average molecular weight is 780 g/mol. The molecule has 0 aliphatic rings. The van der Waals surface area contributed by atoms with Crippen LogP contribution in [0.25, 0.3) is 10.9 Å². The Labute approximate surface area is 328 Å². The summed E-state index contributed by atoms with van der Waals surface area (Å²) in [5.41, 5.74) is 11.9. The van der Waals surface area contributed by atoms with Gasteiger partial charge in [-0.1, -0.05) is 58.0 Å². The molecule has 306 valence electrons. The SMILES string of the molecule is COC(=O)[C@@H](N(C)C(=O)OCc1ccc(N(C(=O)[C@@H](NC(=O)OC(C)(C)C)C(C)C)[C@@H](CCCNC(N)=O)C(N)=O)cc1)C(C)(C)c1cn(C)c2ccccc12. The van der Waals surface area contributed by atoms with Crippen LogP contribution in [0.5, 0.6) is 0 Å². The fourth-order valence-electron chi connectivity index (χ4n) is 6.62. The normalized spacial score (nSPS) is 13.3. The lowest BCUT2D eigenvalue weighted by molar-refractivity contribution is -0.148. The van der Waals surface area contributed by atoms with Gasteiger partial charge >= 0.3 is 24.2 Å². The summed E-state index contributed by atoms with van der Waals surface area (Å²) >= 11 is 0. The predicted molar refractivity (Wildman–Crippen MR) is 211 cm³/mol. The molecule has 0 bridgehead atoms. The van der Waals surface area contributed by atoms with Crippen molar-refractivity contribution in [3.63, 3.8) is 0 Å². The van der Waals surface area contributed by atoms with Gasteiger partial charge in [0.2, 0.25) is 5.91 Å². The predicted octanol–water partition coefficient (Wildman–Crippen LogP) is 4.45. The number of esters is 1. The minimum Gasteiger partial charge on any atom is -0.467 e. The van der Waals surface area contributed by atoms with Crippen LogP contribution in [-0.2, 0) is 47.7 Å². The molecule has 16 heteroatoms. The Morgan fingerprint density at radius 2 is 1.55 bits per heavy atom. The number of hydrogen-bond acceptors (Lipinski definition) is 9. The molecular formula is C40H57N7O9. The molecule has 6 amide bonds. The molecule has 0 aliphatic carbocycles. The lowest BCUT2D eigenvalue weighted by Crippen LogP contribution is -2.57. The monoisotopic (exact) mass is 779 g/mol. The van der Waals surface area contributed by atoms with Crippen molar-refractivity contribution in [1.29, 1.82) is 0 Å². The Balaban J connectivity index is 1.90. The van der Waals surface area contributed by atoms with E-state index in [4.69, 9.17) is 25.7 Å². The van der Waals surface area contributed by atoms with Gasteiger partial charge in [0.1, 0.15) is 30.3 Å². The molecule has 0 saturated carbocycles. The Morgan fingerprint density at radius 1 is 0.929 bits per heavy atom. The number of rotatable bonds is 16. The number of anilines is 1. The Hall–Kier alpha value is -5.80. The molecule has 6 N–H and O–H groups in total. The van der Waals surface area contributed by atoms with Crippen molar-refractivity contribution in [1.82, 2.24) is 20.1 Å². The highest BCUT2D eigenvalue weighted by molar-refractivity contribution is 6.04. The van der Waals surface area contributed by atoms with Gasteiger partial charge in [-0.3, -0.25) is 19.4 Å². The van der Waals surface area contributed by atoms with Crippen LogP contribution in [0, 0.1) is 5.92 Å². The first kappa shape index (κ1) is 44.6. The summed E-state index contributed by atoms with van der Waals surface area (Å²) in [5.74, 6) is -2.49. The van der Waals surface area contributed by atoms with E-state index in [1.54, 1.807) is 58.9 Å². The number of para-hydroxylation sites is 1. The number of primary amides is 2. The molecule has 0 aliphatic heterocycles. The average Bonchev–Trinajstić information content (AvgIpc) is 3.46. The number of fused-ring (bicyclic) bond motifs is 1. The number of ether oxygens (including phenoxy) is 3. The molecule has 0 unspecified atom stereocenters. The topological polar surface area (TPSA) is 218 Å². The first-order valence-corrected chi connectivity index (χ1v) is 18.4. The molecule has 0 fully saturated rings. The van der Waals surface area contributed by atoms with Crippen LogP contribution in [0.4, 0.5) is 20.1 Å². The van der Waals surface area contributed by atoms with Crippen molar-refractivity contribution >= 4 is 52.6 Å². The van der Waals surface area contributed by atoms with Gasteiger partial charge in [0, 0.05) is 48.8 Å². The van der Waals surface area contributed by atoms with Crippen molar-refractivity contribution in [2.24, 2.45) is 24.4 Å². The number of urea groups is 1. The number of carbonyl (C=O) groups is 6. The van der Waals surface area contributed by atoms with Crippen LogP contribution in [0.15, 0.2) is 54.7 Å². The van der Waals surface area contributed by atoms with Crippen molar-refractivity contribution < 1.29 is 43.0 Å². The number of aromatic nitrogens is 1. The van der Waals surface area contributed by atoms with E-state index in [0.29, 0.717) is 5.56 Å². The van der Waals surface area contributed by atoms with Crippen LogP contribution >= 0.6 is 0 Å². The van der Waals surface area contributed by atoms with E-state index >= 15 is 0 Å². The Bertz CT molecular complexity index is 1880. The van der Waals surface area contributed by atoms with Gasteiger partial charge in [-0.2, -0.15) is 0 Å². The zero-order chi connectivity index (χ0) is 42.1. The largest absolute Gasteiger partial charge is 0.467 e. The molecule has 3 rings (SSSR count). The van der Waals surface area contributed by atoms with Crippen molar-refractivity contribution in [2.45, 2.75) is 97.1 Å². The number of hydrogen-bond donors (Lipinski definition) is 4. The number of nitrogens with one attached hydrogen (secondary N) is 2. The number of carbonyl (C=O) groups excluding carboxylic acids is 6. The van der Waals surface area contributed by atoms with Crippen LogP contribution < -0.4 is 27.0 Å². The maximum atomic E-state index is 14.3. The Kier molecular flexibility index (Phi) is 14.9. The molecule has 3 atom stereocenters. The smallest absolute Gasteiger partial charge is 0.410 e. The maximum Gasteiger partial charge on any atom is 0.410 e. The van der Waals surface area contributed by atoms with Gasteiger partial charge in [0.25, 0.3) is 5.91 Å². The second kappa shape index (κ2) is 18.7. The molecule has 2 aromatic carbocycles. The zero-order valence-corrected chi connectivity index (χ0v) is 34.0. The second-order valence-corrected chi connectivity index (χ2v) is 15.6. The summed E-state index contributed by atoms with van der Waals surface area (Å²) in [6.07, 6.45) is 0.648. The van der Waals surface area contributed by atoms with Gasteiger partial charge in [0.15, 0.2) is 0 Å². The van der Waals surface area contributed by atoms with E-state index in [1.807, 2.05) is 55.9 Å². The number of methoxy groups -OCH3 is 1. The standard InChI is InChI=1S/C40H57N7O9/c1-24(2)31(44-37(52)56-39(3,4)5)34(49)47(30(33(41)48)16-13-21-43-36(42)51)26-19-17-25(18-20-26)23-55-38(53)46(9)32(35(50)54-10)40(6,7)28-22-45(8)29-15-12-11-14-27(28)29/h11-12,14-15,17-20,22,24,30-32H,13,16,21,23H2,1-10H3,(H2,41,48)(H,44,52)(H3,42,43,51)/t30-,31-,32+/m0/s1. The molecule has 1 heterocycles. The second-order valence-electron chi connectivity index (χ2n) is 15.6. The quantitative estimate of drug-likeness (QED) is 0.0916. The number of nitrogens with two attached hydrogens (primary N) is 2. The highest BCUT2D eigenvalue weighted by atomic mass is 16.6. The number of amides is 6. The summed E-state index contributed by atoms with van der Waals surface area (Å²) in [7, 11) is 4.65. The van der Waals surface area contributed by atoms with E-state index in [2.05, 4.69) is 10.6 Å². The third-order valence-corrected chi connectivity index (χ3v) is 9.39. The molecule has 1 aromatic heterocycles. The van der Waals surface area contributed by atoms with Crippen LogP contribution in [0.2, 0.25) is 0 Å². The fraction of sp³-hybridized carbons (Fsp3) is 0.500. The fourth-order valence-corrected chi connectivity index (χ4v) is 6.62. The van der Waals surface area contributed by atoms with E-state index in [1.165, 1.54) is 24.0 Å². The van der Waals surface area contributed by atoms with Crippen LogP contribution in [0.3, 0.4) is 0 Å². The molecule has 56 heavy (non-hydrogen) atoms. The van der Waals surface area contributed by atoms with E-state index in [-0.39, 0.29) is 31.7 Å². The van der Waals surface area contributed by atoms with Gasteiger partial charge in [-0.15, -0.1) is 0 Å². The third kappa shape index (κ3) is 11.1. The van der Waals surface area contributed by atoms with Gasteiger partial charge in [0.05, 0.1) is 7.11 Å². The highest BCUT2D eigenvalue weighted by Gasteiger charge is 2.44. The van der Waals surface area contributed by atoms with Crippen LogP contribution in [-0.4, -0.2) is 89.9 Å². The summed E-state index contributed by atoms with van der Waals surface area (Å²) in [5, 5.41) is 6.02. The first-order chi connectivity index (χ1) is 26.1. The van der Waals surface area contributed by atoms with E-state index in [9.17, 15) is 28.8 Å². The molecule has 3 aromatic rings. The summed E-state index contributed by atoms with van der Waals surface area (Å²) in [6.45, 7) is 12.2. The van der Waals surface area contributed by atoms with E-state index < -0.39 is 71.1 Å². The van der Waals surface area contributed by atoms with Gasteiger partial charge in [-0.05, 0) is 68.9 Å². The summed E-state index contributed by atoms with van der Waals surface area (Å²) in [4.78, 5) is 80.5. The number of aryl methyl sites for hydroxylation is 1. The lowest BCUT2D eigenvalue weighted by Gasteiger charge is -2.37. The minimum absolute atomic E-state index is 0.0563. The minimum atomic E-state index is -1.18. The maximum absolute atomic E-state index is 14.3. The summed E-state index contributed by atoms with van der Waals surface area (Å²) in [6, 6.07) is 10.0. The lowest BCUT2D eigenvalue weighted by atomic mass is 9.77. The summed E-state index contributed by atoms with van der Waals surface area (Å²) < 4.78 is 18.2. The van der Waals surface area contributed by atoms with E-state index in [0.717, 1.165) is 16.5 Å². The number of alkyl carbamates (subject to hydrolysis) is 1. The molecule has 16 nitrogen and oxygen atoms in total. The van der Waals surface area contributed by atoms with Gasteiger partial charge in [-0.25, -0.2) is 19.2 Å². The zero-order valence-electron chi connectivity index (χ0n) is 34.0. The van der Waals surface area contributed by atoms with Gasteiger partial charge < -0.3 is 40.9 Å². The highest BCUT2D eigenvalue weighted by Crippen LogP contribution is 2.37. The number of benzene rings is 2. The third-order valence-electron chi connectivity index (χ3n) is 9.39. The molecule has 0 radical (unpaired) electrons. The molecular weight excluding hydrogens is 722 g/mol. The van der Waals surface area contributed by atoms with Crippen LogP contribution in [0.1, 0.15) is 72.4 Å². The number of likely N-dealkylation sites (N-methyl/N-ethyl adjacent to an activating group) is 1. The molecule has 0 spiro atoms. The molecule has 0 saturated heterocycles. The first-order valence-electron chi connectivity index (χ1n) is 18.4. The van der Waals surface area contributed by atoms with Crippen molar-refractivity contribution in [3.05, 3.63) is 65.9 Å². The van der Waals surface area contributed by atoms with Crippen molar-refractivity contribution in [3.8, 4) is 0 Å². The van der Waals surface area contributed by atoms with Crippen molar-refractivity contribution in [2.75, 3.05) is 25.6 Å².